The number of hydrogen-bond donors (Lipinski definition) is 2. The molecule has 2 unspecified atom stereocenters. The van der Waals surface area contributed by atoms with Gasteiger partial charge in [-0.2, -0.15) is 0 Å². The van der Waals surface area contributed by atoms with E-state index in [1.54, 1.807) is 0 Å². The molecule has 90 valence electrons. The highest BCUT2D eigenvalue weighted by Crippen LogP contribution is 2.08. The summed E-state index contributed by atoms with van der Waals surface area (Å²) < 4.78 is 2.12. The number of piperidine rings is 1. The normalized spacial score (nSPS) is 23.2. The summed E-state index contributed by atoms with van der Waals surface area (Å²) >= 11 is 0. The van der Waals surface area contributed by atoms with Crippen molar-refractivity contribution in [1.29, 1.82) is 0 Å². The predicted octanol–water partition coefficient (Wildman–Crippen LogP) is 0.861. The molecule has 0 radical (unpaired) electrons. The van der Waals surface area contributed by atoms with Crippen molar-refractivity contribution in [3.8, 4) is 0 Å². The fourth-order valence-corrected chi connectivity index (χ4v) is 2.24. The first-order chi connectivity index (χ1) is 7.84. The maximum atomic E-state index is 4.05. The maximum Gasteiger partial charge on any atom is 0.0946 e. The van der Waals surface area contributed by atoms with Gasteiger partial charge in [0.15, 0.2) is 0 Å². The molecule has 2 rings (SSSR count). The lowest BCUT2D eigenvalue weighted by molar-refractivity contribution is 0.338. The first kappa shape index (κ1) is 11.6. The van der Waals surface area contributed by atoms with Crippen molar-refractivity contribution in [3.05, 3.63) is 18.7 Å². The summed E-state index contributed by atoms with van der Waals surface area (Å²) in [6, 6.07) is 0.510. The van der Waals surface area contributed by atoms with E-state index < -0.39 is 0 Å². The summed E-state index contributed by atoms with van der Waals surface area (Å²) in [5.41, 5.74) is 0. The lowest BCUT2D eigenvalue weighted by Crippen LogP contribution is -2.40. The highest BCUT2D eigenvalue weighted by Gasteiger charge is 2.13. The van der Waals surface area contributed by atoms with Gasteiger partial charge in [0.2, 0.25) is 0 Å². The van der Waals surface area contributed by atoms with Gasteiger partial charge in [0.1, 0.15) is 0 Å². The van der Waals surface area contributed by atoms with Gasteiger partial charge in [-0.25, -0.2) is 4.98 Å². The molecule has 2 N–H and O–H groups in total. The molecule has 1 saturated heterocycles. The standard InChI is InChI=1S/C12H22N4/c1-11(9-16-6-5-14-10-16)15-8-12-3-2-4-13-7-12/h5-6,10-13,15H,2-4,7-9H2,1H3. The van der Waals surface area contributed by atoms with Crippen LogP contribution in [0.15, 0.2) is 18.7 Å². The molecule has 2 heterocycles. The SMILES string of the molecule is CC(Cn1ccnc1)NCC1CCCNC1. The summed E-state index contributed by atoms with van der Waals surface area (Å²) in [4.78, 5) is 4.05. The van der Waals surface area contributed by atoms with Crippen molar-refractivity contribution < 1.29 is 0 Å². The van der Waals surface area contributed by atoms with Crippen molar-refractivity contribution in [2.75, 3.05) is 19.6 Å². The number of aromatic nitrogens is 2. The zero-order valence-corrected chi connectivity index (χ0v) is 10.0. The molecular formula is C12H22N4. The van der Waals surface area contributed by atoms with Crippen molar-refractivity contribution >= 4 is 0 Å². The molecule has 0 spiro atoms. The van der Waals surface area contributed by atoms with Crippen molar-refractivity contribution in [1.82, 2.24) is 20.2 Å². The largest absolute Gasteiger partial charge is 0.336 e. The van der Waals surface area contributed by atoms with E-state index in [0.717, 1.165) is 19.0 Å². The zero-order valence-electron chi connectivity index (χ0n) is 10.0. The molecule has 0 aliphatic carbocycles. The molecule has 0 aromatic carbocycles. The van der Waals surface area contributed by atoms with Crippen LogP contribution in [0.2, 0.25) is 0 Å². The summed E-state index contributed by atoms with van der Waals surface area (Å²) in [6.45, 7) is 6.73. The Labute approximate surface area is 97.4 Å². The second-order valence-electron chi connectivity index (χ2n) is 4.78. The molecule has 1 fully saturated rings. The van der Waals surface area contributed by atoms with Crippen molar-refractivity contribution in [3.63, 3.8) is 0 Å². The van der Waals surface area contributed by atoms with E-state index in [2.05, 4.69) is 27.1 Å². The minimum atomic E-state index is 0.510. The summed E-state index contributed by atoms with van der Waals surface area (Å²) in [6.07, 6.45) is 8.40. The second kappa shape index (κ2) is 6.01. The Morgan fingerprint density at radius 3 is 3.25 bits per heavy atom. The number of nitrogens with zero attached hydrogens (tertiary/aromatic N) is 2. The quantitative estimate of drug-likeness (QED) is 0.776. The average molecular weight is 222 g/mol. The third-order valence-electron chi connectivity index (χ3n) is 3.20. The first-order valence-corrected chi connectivity index (χ1v) is 6.24. The summed E-state index contributed by atoms with van der Waals surface area (Å²) in [5.74, 6) is 0.805. The fraction of sp³-hybridized carbons (Fsp3) is 0.750. The Kier molecular flexibility index (Phi) is 4.36. The topological polar surface area (TPSA) is 41.9 Å². The lowest BCUT2D eigenvalue weighted by atomic mass is 9.99. The Bertz CT molecular complexity index is 277. The van der Waals surface area contributed by atoms with Crippen LogP contribution in [0.3, 0.4) is 0 Å². The van der Waals surface area contributed by atoms with E-state index in [0.29, 0.717) is 6.04 Å². The van der Waals surface area contributed by atoms with Gasteiger partial charge >= 0.3 is 0 Å². The molecule has 2 atom stereocenters. The third-order valence-corrected chi connectivity index (χ3v) is 3.20. The zero-order chi connectivity index (χ0) is 11.2. The van der Waals surface area contributed by atoms with Crippen LogP contribution in [0, 0.1) is 5.92 Å². The Morgan fingerprint density at radius 2 is 2.56 bits per heavy atom. The molecule has 16 heavy (non-hydrogen) atoms. The molecule has 0 bridgehead atoms. The van der Waals surface area contributed by atoms with Gasteiger partial charge in [0.25, 0.3) is 0 Å². The summed E-state index contributed by atoms with van der Waals surface area (Å²) in [5, 5.41) is 7.05. The van der Waals surface area contributed by atoms with Crippen LogP contribution >= 0.6 is 0 Å². The van der Waals surface area contributed by atoms with Crippen LogP contribution in [-0.4, -0.2) is 35.2 Å². The van der Waals surface area contributed by atoms with Gasteiger partial charge in [-0.15, -0.1) is 0 Å². The highest BCUT2D eigenvalue weighted by molar-refractivity contribution is 4.78. The molecule has 0 amide bonds. The van der Waals surface area contributed by atoms with Gasteiger partial charge in [-0.1, -0.05) is 0 Å². The highest BCUT2D eigenvalue weighted by atomic mass is 15.1. The van der Waals surface area contributed by atoms with Crippen LogP contribution in [0.1, 0.15) is 19.8 Å². The Morgan fingerprint density at radius 1 is 1.62 bits per heavy atom. The molecule has 0 saturated carbocycles. The minimum absolute atomic E-state index is 0.510. The molecule has 4 heteroatoms. The van der Waals surface area contributed by atoms with Gasteiger partial charge < -0.3 is 15.2 Å². The minimum Gasteiger partial charge on any atom is -0.336 e. The van der Waals surface area contributed by atoms with E-state index in [4.69, 9.17) is 0 Å². The number of imidazole rings is 1. The maximum absolute atomic E-state index is 4.05. The fourth-order valence-electron chi connectivity index (χ4n) is 2.24. The van der Waals surface area contributed by atoms with Crippen LogP contribution in [-0.2, 0) is 6.54 Å². The second-order valence-corrected chi connectivity index (χ2v) is 4.78. The average Bonchev–Trinajstić information content (AvgIpc) is 2.81. The molecular weight excluding hydrogens is 200 g/mol. The van der Waals surface area contributed by atoms with Gasteiger partial charge in [0.05, 0.1) is 6.33 Å². The van der Waals surface area contributed by atoms with Gasteiger partial charge in [-0.05, 0) is 45.3 Å². The van der Waals surface area contributed by atoms with E-state index in [1.807, 2.05) is 18.7 Å². The summed E-state index contributed by atoms with van der Waals surface area (Å²) in [7, 11) is 0. The van der Waals surface area contributed by atoms with E-state index >= 15 is 0 Å². The molecule has 1 aromatic heterocycles. The molecule has 1 aliphatic heterocycles. The van der Waals surface area contributed by atoms with Crippen LogP contribution in [0.25, 0.3) is 0 Å². The Balaban J connectivity index is 1.65. The van der Waals surface area contributed by atoms with Crippen LogP contribution < -0.4 is 10.6 Å². The number of hydrogen-bond acceptors (Lipinski definition) is 3. The number of nitrogens with one attached hydrogen (secondary N) is 2. The van der Waals surface area contributed by atoms with Gasteiger partial charge in [-0.3, -0.25) is 0 Å². The van der Waals surface area contributed by atoms with E-state index in [9.17, 15) is 0 Å². The smallest absolute Gasteiger partial charge is 0.0946 e. The van der Waals surface area contributed by atoms with Crippen LogP contribution in [0.5, 0.6) is 0 Å². The predicted molar refractivity (Wildman–Crippen MR) is 65.3 cm³/mol. The van der Waals surface area contributed by atoms with E-state index in [1.165, 1.54) is 25.9 Å². The van der Waals surface area contributed by atoms with Crippen molar-refractivity contribution in [2.24, 2.45) is 5.92 Å². The van der Waals surface area contributed by atoms with Crippen LogP contribution in [0.4, 0.5) is 0 Å². The number of rotatable bonds is 5. The lowest BCUT2D eigenvalue weighted by Gasteiger charge is -2.25. The monoisotopic (exact) mass is 222 g/mol. The molecule has 1 aromatic rings. The third kappa shape index (κ3) is 3.61. The first-order valence-electron chi connectivity index (χ1n) is 6.24. The Hall–Kier alpha value is -0.870. The molecule has 1 aliphatic rings. The molecule has 4 nitrogen and oxygen atoms in total. The van der Waals surface area contributed by atoms with Crippen molar-refractivity contribution in [2.45, 2.75) is 32.4 Å². The van der Waals surface area contributed by atoms with Gasteiger partial charge in [0, 0.05) is 25.0 Å². The van der Waals surface area contributed by atoms with E-state index in [-0.39, 0.29) is 0 Å².